The van der Waals surface area contributed by atoms with Crippen molar-refractivity contribution >= 4 is 6.47 Å². The smallest absolute Gasteiger partial charge is 0.293 e. The average Bonchev–Trinajstić information content (AvgIpc) is 2.03. The third-order valence-electron chi connectivity index (χ3n) is 1.20. The molecule has 0 bridgehead atoms. The van der Waals surface area contributed by atoms with Crippen LogP contribution >= 0.6 is 0 Å². The molecule has 4 nitrogen and oxygen atoms in total. The van der Waals surface area contributed by atoms with E-state index in [0.717, 1.165) is 0 Å². The summed E-state index contributed by atoms with van der Waals surface area (Å²) in [6.45, 7) is 0.334. The number of nitrogens with zero attached hydrogens (tertiary/aromatic N) is 1. The molecule has 0 spiro atoms. The highest BCUT2D eigenvalue weighted by Crippen LogP contribution is 1.91. The van der Waals surface area contributed by atoms with Gasteiger partial charge in [-0.1, -0.05) is 0 Å². The highest BCUT2D eigenvalue weighted by Gasteiger charge is 2.01. The number of hydrogen-bond acceptors (Lipinski definition) is 3. The van der Waals surface area contributed by atoms with Gasteiger partial charge in [0.1, 0.15) is 0 Å². The molecule has 0 amide bonds. The number of carbonyl (C=O) groups is 1. The van der Waals surface area contributed by atoms with E-state index in [2.05, 4.69) is 4.74 Å². The van der Waals surface area contributed by atoms with E-state index >= 15 is 0 Å². The molecule has 0 radical (unpaired) electrons. The number of pyridine rings is 1. The zero-order valence-corrected chi connectivity index (χ0v) is 5.77. The van der Waals surface area contributed by atoms with Crippen LogP contribution in [0.4, 0.5) is 0 Å². The van der Waals surface area contributed by atoms with Crippen LogP contribution in [0.2, 0.25) is 0 Å². The minimum Gasteiger partial charge on any atom is -0.618 e. The molecule has 0 saturated heterocycles. The highest BCUT2D eigenvalue weighted by molar-refractivity contribution is 5.36. The van der Waals surface area contributed by atoms with Gasteiger partial charge in [0.15, 0.2) is 12.8 Å². The third-order valence-corrected chi connectivity index (χ3v) is 1.20. The summed E-state index contributed by atoms with van der Waals surface area (Å²) in [5, 5.41) is 10.8. The molecule has 58 valence electrons. The van der Waals surface area contributed by atoms with Gasteiger partial charge in [0, 0.05) is 12.1 Å². The Morgan fingerprint density at radius 3 is 3.09 bits per heavy atom. The molecule has 11 heavy (non-hydrogen) atoms. The van der Waals surface area contributed by atoms with Crippen molar-refractivity contribution in [1.29, 1.82) is 0 Å². The molecule has 0 saturated carbocycles. The summed E-state index contributed by atoms with van der Waals surface area (Å²) in [7, 11) is 0. The zero-order valence-electron chi connectivity index (χ0n) is 5.77. The third kappa shape index (κ3) is 1.93. The number of rotatable bonds is 3. The van der Waals surface area contributed by atoms with Crippen LogP contribution in [0.15, 0.2) is 24.4 Å². The fraction of sp³-hybridized carbons (Fsp3) is 0.143. The first kappa shape index (κ1) is 7.53. The van der Waals surface area contributed by atoms with Gasteiger partial charge in [-0.3, -0.25) is 4.79 Å². The van der Waals surface area contributed by atoms with Crippen LogP contribution in [0, 0.1) is 5.21 Å². The van der Waals surface area contributed by atoms with Crippen LogP contribution in [0.3, 0.4) is 0 Å². The Bertz CT molecular complexity index is 249. The van der Waals surface area contributed by atoms with E-state index < -0.39 is 0 Å². The predicted molar refractivity (Wildman–Crippen MR) is 36.3 cm³/mol. The Kier molecular flexibility index (Phi) is 2.43. The van der Waals surface area contributed by atoms with Crippen LogP contribution < -0.4 is 4.73 Å². The monoisotopic (exact) mass is 153 g/mol. The number of ether oxygens (including phenoxy) is 1. The molecule has 0 unspecified atom stereocenters. The maximum atomic E-state index is 10.8. The average molecular weight is 153 g/mol. The molecule has 0 aliphatic heterocycles. The summed E-state index contributed by atoms with van der Waals surface area (Å²) in [6, 6.07) is 4.91. The van der Waals surface area contributed by atoms with Crippen molar-refractivity contribution in [2.24, 2.45) is 0 Å². The van der Waals surface area contributed by atoms with Gasteiger partial charge in [0.05, 0.1) is 0 Å². The van der Waals surface area contributed by atoms with Crippen molar-refractivity contribution in [2.75, 3.05) is 0 Å². The summed E-state index contributed by atoms with van der Waals surface area (Å²) in [5.74, 6) is 0. The molecule has 0 atom stereocenters. The van der Waals surface area contributed by atoms with E-state index in [9.17, 15) is 10.0 Å². The second-order valence-electron chi connectivity index (χ2n) is 1.93. The van der Waals surface area contributed by atoms with Gasteiger partial charge >= 0.3 is 0 Å². The Labute approximate surface area is 63.6 Å². The minimum atomic E-state index is 0.0217. The zero-order chi connectivity index (χ0) is 8.10. The molecule has 0 aliphatic rings. The van der Waals surface area contributed by atoms with Crippen molar-refractivity contribution in [2.45, 2.75) is 6.61 Å². The van der Waals surface area contributed by atoms with Crippen molar-refractivity contribution in [3.8, 4) is 0 Å². The molecule has 1 aromatic rings. The molecule has 1 rings (SSSR count). The summed E-state index contributed by atoms with van der Waals surface area (Å²) < 4.78 is 5.06. The molecular weight excluding hydrogens is 146 g/mol. The van der Waals surface area contributed by atoms with Gasteiger partial charge in [0.25, 0.3) is 6.47 Å². The van der Waals surface area contributed by atoms with E-state index in [1.165, 1.54) is 6.20 Å². The number of hydrogen-bond donors (Lipinski definition) is 0. The first-order valence-electron chi connectivity index (χ1n) is 3.07. The SMILES string of the molecule is O=COCc1cccc[n+]1[O-]. The Morgan fingerprint density at radius 2 is 2.45 bits per heavy atom. The Morgan fingerprint density at radius 1 is 1.64 bits per heavy atom. The highest BCUT2D eigenvalue weighted by atomic mass is 16.5. The summed E-state index contributed by atoms with van der Waals surface area (Å²) in [6.07, 6.45) is 1.35. The van der Waals surface area contributed by atoms with E-state index in [1.54, 1.807) is 18.2 Å². The first-order valence-corrected chi connectivity index (χ1v) is 3.07. The van der Waals surface area contributed by atoms with Crippen molar-refractivity contribution in [3.05, 3.63) is 35.3 Å². The summed E-state index contributed by atoms with van der Waals surface area (Å²) in [4.78, 5) is 9.76. The molecule has 0 N–H and O–H groups in total. The molecule has 0 fully saturated rings. The topological polar surface area (TPSA) is 53.2 Å². The van der Waals surface area contributed by atoms with E-state index in [0.29, 0.717) is 16.9 Å². The molecule has 0 aliphatic carbocycles. The van der Waals surface area contributed by atoms with E-state index in [1.807, 2.05) is 0 Å². The van der Waals surface area contributed by atoms with Crippen LogP contribution in [0.1, 0.15) is 5.69 Å². The molecular formula is C7H7NO3. The largest absolute Gasteiger partial charge is 0.618 e. The summed E-state index contributed by atoms with van der Waals surface area (Å²) >= 11 is 0. The number of carbonyl (C=O) groups excluding carboxylic acids is 1. The minimum absolute atomic E-state index is 0.0217. The Balaban J connectivity index is 2.69. The fourth-order valence-electron chi connectivity index (χ4n) is 0.695. The van der Waals surface area contributed by atoms with Gasteiger partial charge in [-0.25, -0.2) is 0 Å². The second-order valence-corrected chi connectivity index (χ2v) is 1.93. The van der Waals surface area contributed by atoms with Crippen LogP contribution in [-0.4, -0.2) is 6.47 Å². The lowest BCUT2D eigenvalue weighted by atomic mass is 10.4. The standard InChI is InChI=1S/C7H7NO3/c9-6-11-5-7-3-1-2-4-8(7)10/h1-4,6H,5H2. The predicted octanol–water partition coefficient (Wildman–Crippen LogP) is -0.00700. The second kappa shape index (κ2) is 3.55. The Hall–Kier alpha value is -1.58. The fourth-order valence-corrected chi connectivity index (χ4v) is 0.695. The number of aromatic nitrogens is 1. The maximum Gasteiger partial charge on any atom is 0.293 e. The lowest BCUT2D eigenvalue weighted by Gasteiger charge is -2.00. The van der Waals surface area contributed by atoms with Crippen molar-refractivity contribution in [3.63, 3.8) is 0 Å². The molecule has 1 aromatic heterocycles. The molecule has 0 aromatic carbocycles. The van der Waals surface area contributed by atoms with Crippen molar-refractivity contribution in [1.82, 2.24) is 0 Å². The molecule has 4 heteroatoms. The maximum absolute atomic E-state index is 10.8. The van der Waals surface area contributed by atoms with Crippen molar-refractivity contribution < 1.29 is 14.3 Å². The summed E-state index contributed by atoms with van der Waals surface area (Å²) in [5.41, 5.74) is 0.416. The van der Waals surface area contributed by atoms with Gasteiger partial charge in [-0.2, -0.15) is 4.73 Å². The van der Waals surface area contributed by atoms with Crippen LogP contribution in [0.5, 0.6) is 0 Å². The molecule has 1 heterocycles. The lowest BCUT2D eigenvalue weighted by molar-refractivity contribution is -0.616. The van der Waals surface area contributed by atoms with Crippen LogP contribution in [-0.2, 0) is 16.1 Å². The van der Waals surface area contributed by atoms with E-state index in [4.69, 9.17) is 0 Å². The van der Waals surface area contributed by atoms with Gasteiger partial charge in [0.2, 0.25) is 5.69 Å². The lowest BCUT2D eigenvalue weighted by Crippen LogP contribution is -2.31. The van der Waals surface area contributed by atoms with Gasteiger partial charge in [-0.15, -0.1) is 0 Å². The first-order chi connectivity index (χ1) is 5.34. The van der Waals surface area contributed by atoms with Crippen LogP contribution in [0.25, 0.3) is 0 Å². The normalized spacial score (nSPS) is 9.09. The quantitative estimate of drug-likeness (QED) is 0.348. The van der Waals surface area contributed by atoms with E-state index in [-0.39, 0.29) is 6.61 Å². The van der Waals surface area contributed by atoms with Gasteiger partial charge in [-0.05, 0) is 6.07 Å². The van der Waals surface area contributed by atoms with Gasteiger partial charge < -0.3 is 9.94 Å².